The summed E-state index contributed by atoms with van der Waals surface area (Å²) in [5.74, 6) is 1.08. The van der Waals surface area contributed by atoms with Gasteiger partial charge in [-0.25, -0.2) is 9.80 Å². The van der Waals surface area contributed by atoms with Gasteiger partial charge >= 0.3 is 6.09 Å². The fourth-order valence-corrected chi connectivity index (χ4v) is 2.95. The molecule has 1 aliphatic rings. The van der Waals surface area contributed by atoms with E-state index in [9.17, 15) is 4.79 Å². The van der Waals surface area contributed by atoms with E-state index in [1.165, 1.54) is 16.7 Å². The van der Waals surface area contributed by atoms with Crippen molar-refractivity contribution in [2.75, 3.05) is 6.54 Å². The van der Waals surface area contributed by atoms with Gasteiger partial charge in [0.25, 0.3) is 0 Å². The van der Waals surface area contributed by atoms with Crippen LogP contribution in [0.2, 0.25) is 0 Å². The molecule has 1 heterocycles. The summed E-state index contributed by atoms with van der Waals surface area (Å²) in [5, 5.41) is 1.90. The molecule has 3 rings (SSSR count). The summed E-state index contributed by atoms with van der Waals surface area (Å²) in [4.78, 5) is 12.1. The molecule has 2 aromatic carbocycles. The van der Waals surface area contributed by atoms with E-state index in [1.54, 1.807) is 0 Å². The number of nitrogens with zero attached hydrogens (tertiary/aromatic N) is 1. The number of nitrogens with one attached hydrogen (secondary N) is 1. The van der Waals surface area contributed by atoms with Crippen molar-refractivity contribution < 1.29 is 9.53 Å². The molecule has 0 aliphatic carbocycles. The van der Waals surface area contributed by atoms with E-state index in [4.69, 9.17) is 4.74 Å². The number of hydrazine groups is 1. The molecule has 0 spiro atoms. The third-order valence-corrected chi connectivity index (χ3v) is 4.65. The first kappa shape index (κ1) is 16.5. The van der Waals surface area contributed by atoms with Crippen molar-refractivity contribution in [2.45, 2.75) is 39.2 Å². The molecule has 0 saturated heterocycles. The molecule has 1 amide bonds. The molecule has 1 N–H and O–H groups in total. The van der Waals surface area contributed by atoms with Crippen LogP contribution < -0.4 is 10.2 Å². The molecule has 0 saturated carbocycles. The summed E-state index contributed by atoms with van der Waals surface area (Å²) in [6, 6.07) is 16.1. The highest BCUT2D eigenvalue weighted by molar-refractivity contribution is 5.69. The zero-order chi connectivity index (χ0) is 16.9. The van der Waals surface area contributed by atoms with E-state index in [2.05, 4.69) is 37.5 Å². The molecular weight excluding hydrogens is 300 g/mol. The predicted molar refractivity (Wildman–Crippen MR) is 94.9 cm³/mol. The lowest BCUT2D eigenvalue weighted by Gasteiger charge is -2.28. The first-order valence-electron chi connectivity index (χ1n) is 8.56. The van der Waals surface area contributed by atoms with Crippen LogP contribution in [0.15, 0.2) is 48.5 Å². The van der Waals surface area contributed by atoms with E-state index in [1.807, 2.05) is 35.3 Å². The molecule has 1 unspecified atom stereocenters. The Morgan fingerprint density at radius 2 is 1.88 bits per heavy atom. The van der Waals surface area contributed by atoms with Crippen LogP contribution in [-0.4, -0.2) is 17.6 Å². The minimum Gasteiger partial charge on any atom is -0.409 e. The second-order valence-corrected chi connectivity index (χ2v) is 6.32. The summed E-state index contributed by atoms with van der Waals surface area (Å²) in [7, 11) is 0. The number of carbonyl (C=O) groups is 1. The van der Waals surface area contributed by atoms with Crippen LogP contribution in [0.1, 0.15) is 42.9 Å². The molecule has 1 aliphatic heterocycles. The molecule has 0 bridgehead atoms. The number of ether oxygens (including phenoxy) is 1. The second kappa shape index (κ2) is 7.49. The Hall–Kier alpha value is -2.33. The molecule has 0 radical (unpaired) electrons. The fourth-order valence-electron chi connectivity index (χ4n) is 2.95. The van der Waals surface area contributed by atoms with Crippen LogP contribution in [0, 0.1) is 0 Å². The lowest BCUT2D eigenvalue weighted by molar-refractivity contribution is 0.135. The van der Waals surface area contributed by atoms with Gasteiger partial charge in [-0.15, -0.1) is 0 Å². The number of hydrogen-bond acceptors (Lipinski definition) is 3. The summed E-state index contributed by atoms with van der Waals surface area (Å²) < 4.78 is 5.38. The summed E-state index contributed by atoms with van der Waals surface area (Å²) >= 11 is 0. The van der Waals surface area contributed by atoms with Gasteiger partial charge in [0.2, 0.25) is 0 Å². The number of rotatable bonds is 4. The van der Waals surface area contributed by atoms with Gasteiger partial charge in [0.15, 0.2) is 0 Å². The third kappa shape index (κ3) is 3.95. The Kier molecular flexibility index (Phi) is 5.16. The number of hydrogen-bond donors (Lipinski definition) is 1. The van der Waals surface area contributed by atoms with Crippen LogP contribution in [0.4, 0.5) is 4.79 Å². The van der Waals surface area contributed by atoms with Crippen LogP contribution >= 0.6 is 0 Å². The van der Waals surface area contributed by atoms with Crippen molar-refractivity contribution >= 4 is 6.09 Å². The van der Waals surface area contributed by atoms with Gasteiger partial charge < -0.3 is 4.74 Å². The Morgan fingerprint density at radius 1 is 1.17 bits per heavy atom. The van der Waals surface area contributed by atoms with E-state index in [0.717, 1.165) is 19.4 Å². The smallest absolute Gasteiger partial charge is 0.409 e. The maximum atomic E-state index is 12.1. The number of amides is 1. The van der Waals surface area contributed by atoms with Crippen LogP contribution in [0.25, 0.3) is 0 Å². The predicted octanol–water partition coefficient (Wildman–Crippen LogP) is 4.26. The standard InChI is InChI=1S/C20H24N2O2/c1-3-15(2)16-8-10-19(11-9-16)24-20(23)21-22-13-12-17-6-4-5-7-18(17)14-22/h4-11,15H,3,12-14H2,1-2H3,(H,21,23). The van der Waals surface area contributed by atoms with Crippen molar-refractivity contribution in [1.82, 2.24) is 10.4 Å². The van der Waals surface area contributed by atoms with Gasteiger partial charge in [-0.3, -0.25) is 5.43 Å². The molecule has 1 atom stereocenters. The molecule has 24 heavy (non-hydrogen) atoms. The van der Waals surface area contributed by atoms with Crippen molar-refractivity contribution in [3.05, 3.63) is 65.2 Å². The summed E-state index contributed by atoms with van der Waals surface area (Å²) in [6.45, 7) is 5.85. The average Bonchev–Trinajstić information content (AvgIpc) is 2.61. The van der Waals surface area contributed by atoms with Crippen molar-refractivity contribution in [3.63, 3.8) is 0 Å². The Balaban J connectivity index is 1.55. The Morgan fingerprint density at radius 3 is 2.58 bits per heavy atom. The normalized spacial score (nSPS) is 15.4. The molecular formula is C20H24N2O2. The van der Waals surface area contributed by atoms with Crippen molar-refractivity contribution in [3.8, 4) is 5.75 Å². The molecule has 4 nitrogen and oxygen atoms in total. The first-order chi connectivity index (χ1) is 11.7. The minimum absolute atomic E-state index is 0.439. The van der Waals surface area contributed by atoms with Gasteiger partial charge in [-0.05, 0) is 47.6 Å². The van der Waals surface area contributed by atoms with Gasteiger partial charge in [0, 0.05) is 13.1 Å². The molecule has 2 aromatic rings. The van der Waals surface area contributed by atoms with E-state index < -0.39 is 6.09 Å². The van der Waals surface area contributed by atoms with Gasteiger partial charge in [-0.1, -0.05) is 50.2 Å². The monoisotopic (exact) mass is 324 g/mol. The quantitative estimate of drug-likeness (QED) is 0.913. The topological polar surface area (TPSA) is 41.6 Å². The Labute approximate surface area is 143 Å². The highest BCUT2D eigenvalue weighted by atomic mass is 16.6. The highest BCUT2D eigenvalue weighted by Crippen LogP contribution is 2.22. The lowest BCUT2D eigenvalue weighted by Crippen LogP contribution is -2.46. The maximum Gasteiger partial charge on any atom is 0.427 e. The lowest BCUT2D eigenvalue weighted by atomic mass is 9.99. The average molecular weight is 324 g/mol. The van der Waals surface area contributed by atoms with E-state index in [-0.39, 0.29) is 0 Å². The van der Waals surface area contributed by atoms with Gasteiger partial charge in [0.1, 0.15) is 5.75 Å². The van der Waals surface area contributed by atoms with Crippen molar-refractivity contribution in [1.29, 1.82) is 0 Å². The van der Waals surface area contributed by atoms with E-state index in [0.29, 0.717) is 18.2 Å². The van der Waals surface area contributed by atoms with Crippen LogP contribution in [0.3, 0.4) is 0 Å². The maximum absolute atomic E-state index is 12.1. The second-order valence-electron chi connectivity index (χ2n) is 6.32. The number of fused-ring (bicyclic) bond motifs is 1. The van der Waals surface area contributed by atoms with Crippen molar-refractivity contribution in [2.24, 2.45) is 0 Å². The number of benzene rings is 2. The minimum atomic E-state index is -0.439. The van der Waals surface area contributed by atoms with E-state index >= 15 is 0 Å². The van der Waals surface area contributed by atoms with Crippen LogP contribution in [-0.2, 0) is 13.0 Å². The summed E-state index contributed by atoms with van der Waals surface area (Å²) in [5.41, 5.74) is 6.69. The first-order valence-corrected chi connectivity index (χ1v) is 8.56. The number of carbonyl (C=O) groups excluding carboxylic acids is 1. The molecule has 126 valence electrons. The highest BCUT2D eigenvalue weighted by Gasteiger charge is 2.18. The Bertz CT molecular complexity index is 697. The largest absolute Gasteiger partial charge is 0.427 e. The molecule has 4 heteroatoms. The third-order valence-electron chi connectivity index (χ3n) is 4.65. The van der Waals surface area contributed by atoms with Gasteiger partial charge in [-0.2, -0.15) is 0 Å². The summed E-state index contributed by atoms with van der Waals surface area (Å²) in [6.07, 6.45) is 1.59. The fraction of sp³-hybridized carbons (Fsp3) is 0.350. The zero-order valence-electron chi connectivity index (χ0n) is 14.3. The molecule has 0 aromatic heterocycles. The zero-order valence-corrected chi connectivity index (χ0v) is 14.3. The SMILES string of the molecule is CCC(C)c1ccc(OC(=O)NN2CCc3ccccc3C2)cc1. The van der Waals surface area contributed by atoms with Gasteiger partial charge in [0.05, 0.1) is 0 Å². The van der Waals surface area contributed by atoms with Crippen LogP contribution in [0.5, 0.6) is 5.75 Å². The molecule has 0 fully saturated rings.